The van der Waals surface area contributed by atoms with Crippen LogP contribution in [0.2, 0.25) is 0 Å². The third-order valence-corrected chi connectivity index (χ3v) is 3.76. The second-order valence-electron chi connectivity index (χ2n) is 5.22. The van der Waals surface area contributed by atoms with Crippen LogP contribution in [0.1, 0.15) is 25.7 Å². The zero-order chi connectivity index (χ0) is 11.5. The van der Waals surface area contributed by atoms with Crippen LogP contribution in [-0.2, 0) is 4.79 Å². The lowest BCUT2D eigenvalue weighted by atomic mass is 9.97. The molecule has 2 fully saturated rings. The van der Waals surface area contributed by atoms with Crippen molar-refractivity contribution < 1.29 is 4.79 Å². The molecule has 2 rings (SSSR count). The SMILES string of the molecule is CN(C[C@H]1CCCN(C(=O)CN)C1)C1CC1. The molecule has 4 heteroatoms. The van der Waals surface area contributed by atoms with Gasteiger partial charge in [0.2, 0.25) is 5.91 Å². The van der Waals surface area contributed by atoms with E-state index in [1.54, 1.807) is 0 Å². The Bertz CT molecular complexity index is 253. The summed E-state index contributed by atoms with van der Waals surface area (Å²) in [6.45, 7) is 3.11. The molecule has 0 spiro atoms. The zero-order valence-electron chi connectivity index (χ0n) is 10.2. The summed E-state index contributed by atoms with van der Waals surface area (Å²) in [5.41, 5.74) is 5.41. The van der Waals surface area contributed by atoms with E-state index in [0.717, 1.165) is 32.1 Å². The molecule has 1 aliphatic carbocycles. The van der Waals surface area contributed by atoms with E-state index in [1.807, 2.05) is 4.90 Å². The predicted octanol–water partition coefficient (Wildman–Crippen LogP) is 0.278. The number of amides is 1. The van der Waals surface area contributed by atoms with Crippen molar-refractivity contribution in [2.75, 3.05) is 33.2 Å². The molecule has 92 valence electrons. The minimum atomic E-state index is 0.110. The summed E-state index contributed by atoms with van der Waals surface area (Å²) in [6.07, 6.45) is 5.10. The normalized spacial score (nSPS) is 26.2. The molecule has 1 amide bonds. The molecule has 0 bridgehead atoms. The summed E-state index contributed by atoms with van der Waals surface area (Å²) in [5.74, 6) is 0.758. The van der Waals surface area contributed by atoms with Crippen LogP contribution < -0.4 is 5.73 Å². The number of nitrogens with two attached hydrogens (primary N) is 1. The maximum atomic E-state index is 11.5. The van der Waals surface area contributed by atoms with Gasteiger partial charge in [-0.15, -0.1) is 0 Å². The molecule has 16 heavy (non-hydrogen) atoms. The van der Waals surface area contributed by atoms with Crippen LogP contribution in [-0.4, -0.2) is 55.0 Å². The Labute approximate surface area is 97.8 Å². The van der Waals surface area contributed by atoms with Crippen LogP contribution in [0.15, 0.2) is 0 Å². The minimum Gasteiger partial charge on any atom is -0.341 e. The predicted molar refractivity (Wildman–Crippen MR) is 64.0 cm³/mol. The van der Waals surface area contributed by atoms with Gasteiger partial charge < -0.3 is 15.5 Å². The highest BCUT2D eigenvalue weighted by Crippen LogP contribution is 2.27. The van der Waals surface area contributed by atoms with Gasteiger partial charge in [-0.1, -0.05) is 0 Å². The van der Waals surface area contributed by atoms with E-state index in [9.17, 15) is 4.79 Å². The Morgan fingerprint density at radius 1 is 1.44 bits per heavy atom. The average molecular weight is 225 g/mol. The van der Waals surface area contributed by atoms with Crippen molar-refractivity contribution in [3.8, 4) is 0 Å². The molecule has 4 nitrogen and oxygen atoms in total. The van der Waals surface area contributed by atoms with Crippen molar-refractivity contribution in [3.05, 3.63) is 0 Å². The average Bonchev–Trinajstić information content (AvgIpc) is 3.12. The number of rotatable bonds is 4. The van der Waals surface area contributed by atoms with E-state index in [-0.39, 0.29) is 12.5 Å². The van der Waals surface area contributed by atoms with E-state index in [2.05, 4.69) is 11.9 Å². The Balaban J connectivity index is 1.79. The smallest absolute Gasteiger partial charge is 0.236 e. The first kappa shape index (κ1) is 11.9. The van der Waals surface area contributed by atoms with Gasteiger partial charge in [0.15, 0.2) is 0 Å². The van der Waals surface area contributed by atoms with Crippen LogP contribution in [0.3, 0.4) is 0 Å². The van der Waals surface area contributed by atoms with Crippen molar-refractivity contribution in [3.63, 3.8) is 0 Å². The fraction of sp³-hybridized carbons (Fsp3) is 0.917. The Morgan fingerprint density at radius 3 is 2.81 bits per heavy atom. The largest absolute Gasteiger partial charge is 0.341 e. The van der Waals surface area contributed by atoms with Crippen molar-refractivity contribution in [2.45, 2.75) is 31.7 Å². The van der Waals surface area contributed by atoms with E-state index in [4.69, 9.17) is 5.73 Å². The molecule has 0 aromatic rings. The lowest BCUT2D eigenvalue weighted by Crippen LogP contribution is -2.45. The Hall–Kier alpha value is -0.610. The van der Waals surface area contributed by atoms with Gasteiger partial charge in [0.05, 0.1) is 6.54 Å². The molecule has 1 aliphatic heterocycles. The zero-order valence-corrected chi connectivity index (χ0v) is 10.2. The number of nitrogens with zero attached hydrogens (tertiary/aromatic N) is 2. The van der Waals surface area contributed by atoms with Crippen LogP contribution in [0.25, 0.3) is 0 Å². The first-order chi connectivity index (χ1) is 7.70. The summed E-state index contributed by atoms with van der Waals surface area (Å²) in [4.78, 5) is 15.9. The van der Waals surface area contributed by atoms with Crippen molar-refractivity contribution in [1.82, 2.24) is 9.80 Å². The highest BCUT2D eigenvalue weighted by atomic mass is 16.2. The van der Waals surface area contributed by atoms with E-state index < -0.39 is 0 Å². The van der Waals surface area contributed by atoms with Crippen LogP contribution in [0.5, 0.6) is 0 Å². The van der Waals surface area contributed by atoms with Crippen molar-refractivity contribution in [1.29, 1.82) is 0 Å². The van der Waals surface area contributed by atoms with Gasteiger partial charge in [0.1, 0.15) is 0 Å². The van der Waals surface area contributed by atoms with Crippen LogP contribution in [0, 0.1) is 5.92 Å². The summed E-state index contributed by atoms with van der Waals surface area (Å²) < 4.78 is 0. The quantitative estimate of drug-likeness (QED) is 0.747. The summed E-state index contributed by atoms with van der Waals surface area (Å²) in [6, 6.07) is 0.820. The fourth-order valence-electron chi connectivity index (χ4n) is 2.64. The highest BCUT2D eigenvalue weighted by molar-refractivity contribution is 5.78. The van der Waals surface area contributed by atoms with Crippen LogP contribution >= 0.6 is 0 Å². The lowest BCUT2D eigenvalue weighted by molar-refractivity contribution is -0.131. The maximum Gasteiger partial charge on any atom is 0.236 e. The second-order valence-corrected chi connectivity index (χ2v) is 5.22. The van der Waals surface area contributed by atoms with Gasteiger partial charge in [0.25, 0.3) is 0 Å². The number of piperidine rings is 1. The molecular formula is C12H23N3O. The summed E-state index contributed by atoms with van der Waals surface area (Å²) >= 11 is 0. The fourth-order valence-corrected chi connectivity index (χ4v) is 2.64. The number of carbonyl (C=O) groups excluding carboxylic acids is 1. The van der Waals surface area contributed by atoms with Crippen molar-refractivity contribution >= 4 is 5.91 Å². The number of hydrogen-bond donors (Lipinski definition) is 1. The monoisotopic (exact) mass is 225 g/mol. The van der Waals surface area contributed by atoms with Gasteiger partial charge in [-0.2, -0.15) is 0 Å². The lowest BCUT2D eigenvalue weighted by Gasteiger charge is -2.34. The van der Waals surface area contributed by atoms with E-state index in [1.165, 1.54) is 19.3 Å². The molecule has 1 heterocycles. The topological polar surface area (TPSA) is 49.6 Å². The Kier molecular flexibility index (Phi) is 3.82. The summed E-state index contributed by atoms with van der Waals surface area (Å²) in [7, 11) is 2.21. The molecule has 2 N–H and O–H groups in total. The van der Waals surface area contributed by atoms with Gasteiger partial charge in [-0.3, -0.25) is 4.79 Å². The third kappa shape index (κ3) is 2.95. The molecule has 0 aromatic carbocycles. The first-order valence-corrected chi connectivity index (χ1v) is 6.38. The number of likely N-dealkylation sites (tertiary alicyclic amines) is 1. The molecule has 2 aliphatic rings. The van der Waals surface area contributed by atoms with E-state index >= 15 is 0 Å². The number of carbonyl (C=O) groups is 1. The molecular weight excluding hydrogens is 202 g/mol. The second kappa shape index (κ2) is 5.15. The Morgan fingerprint density at radius 2 is 2.19 bits per heavy atom. The third-order valence-electron chi connectivity index (χ3n) is 3.76. The molecule has 1 saturated carbocycles. The van der Waals surface area contributed by atoms with Gasteiger partial charge >= 0.3 is 0 Å². The highest BCUT2D eigenvalue weighted by Gasteiger charge is 2.30. The van der Waals surface area contributed by atoms with Gasteiger partial charge in [-0.05, 0) is 38.6 Å². The maximum absolute atomic E-state index is 11.5. The van der Waals surface area contributed by atoms with Gasteiger partial charge in [0, 0.05) is 25.7 Å². The molecule has 0 radical (unpaired) electrons. The summed E-state index contributed by atoms with van der Waals surface area (Å²) in [5, 5.41) is 0. The first-order valence-electron chi connectivity index (χ1n) is 6.38. The van der Waals surface area contributed by atoms with Crippen molar-refractivity contribution in [2.24, 2.45) is 11.7 Å². The van der Waals surface area contributed by atoms with Crippen LogP contribution in [0.4, 0.5) is 0 Å². The van der Waals surface area contributed by atoms with Gasteiger partial charge in [-0.25, -0.2) is 0 Å². The molecule has 0 unspecified atom stereocenters. The number of hydrogen-bond acceptors (Lipinski definition) is 3. The molecule has 1 saturated heterocycles. The minimum absolute atomic E-state index is 0.110. The van der Waals surface area contributed by atoms with E-state index in [0.29, 0.717) is 5.92 Å². The molecule has 1 atom stereocenters. The molecule has 0 aromatic heterocycles. The standard InChI is InChI=1S/C12H23N3O/c1-14(11-4-5-11)8-10-3-2-6-15(9-10)12(16)7-13/h10-11H,2-9,13H2,1H3/t10-/m1/s1.